The molecule has 156 valence electrons. The molecule has 0 bridgehead atoms. The van der Waals surface area contributed by atoms with Crippen molar-refractivity contribution in [2.24, 2.45) is 0 Å². The number of nitrogens with zero attached hydrogens (tertiary/aromatic N) is 2. The lowest BCUT2D eigenvalue weighted by atomic mass is 10.2. The highest BCUT2D eigenvalue weighted by atomic mass is 32.2. The second kappa shape index (κ2) is 9.37. The second-order valence-electron chi connectivity index (χ2n) is 7.07. The summed E-state index contributed by atoms with van der Waals surface area (Å²) >= 11 is 0. The van der Waals surface area contributed by atoms with Gasteiger partial charge in [-0.15, -0.1) is 0 Å². The van der Waals surface area contributed by atoms with Crippen molar-refractivity contribution in [2.75, 3.05) is 26.7 Å². The summed E-state index contributed by atoms with van der Waals surface area (Å²) < 4.78 is 46.0. The molecular formula is C21H25FN2O4S. The third-order valence-electron chi connectivity index (χ3n) is 4.93. The Bertz CT molecular complexity index is 941. The zero-order chi connectivity index (χ0) is 20.9. The third-order valence-corrected chi connectivity index (χ3v) is 6.84. The van der Waals surface area contributed by atoms with Gasteiger partial charge in [0.25, 0.3) is 5.91 Å². The van der Waals surface area contributed by atoms with Crippen molar-refractivity contribution in [1.82, 2.24) is 9.21 Å². The van der Waals surface area contributed by atoms with Crippen LogP contribution in [0.4, 0.5) is 4.39 Å². The number of piperidine rings is 1. The highest BCUT2D eigenvalue weighted by Gasteiger charge is 2.25. The van der Waals surface area contributed by atoms with Crippen LogP contribution in [-0.2, 0) is 21.4 Å². The van der Waals surface area contributed by atoms with E-state index in [1.807, 2.05) is 0 Å². The molecule has 6 nitrogen and oxygen atoms in total. The fraction of sp³-hybridized carbons (Fsp3) is 0.381. The van der Waals surface area contributed by atoms with Crippen LogP contribution in [0.1, 0.15) is 24.8 Å². The molecule has 8 heteroatoms. The highest BCUT2D eigenvalue weighted by Crippen LogP contribution is 2.22. The first-order chi connectivity index (χ1) is 13.9. The third kappa shape index (κ3) is 5.33. The summed E-state index contributed by atoms with van der Waals surface area (Å²) in [6, 6.07) is 12.4. The first-order valence-corrected chi connectivity index (χ1v) is 11.0. The van der Waals surface area contributed by atoms with E-state index in [4.69, 9.17) is 4.74 Å². The summed E-state index contributed by atoms with van der Waals surface area (Å²) in [5.74, 6) is -0.271. The maximum absolute atomic E-state index is 13.7. The molecular weight excluding hydrogens is 395 g/mol. The molecule has 1 aliphatic heterocycles. The number of likely N-dealkylation sites (N-methyl/N-ethyl adjacent to an activating group) is 1. The largest absolute Gasteiger partial charge is 0.484 e. The zero-order valence-electron chi connectivity index (χ0n) is 16.4. The molecule has 1 amide bonds. The van der Waals surface area contributed by atoms with Gasteiger partial charge in [0.1, 0.15) is 11.6 Å². The van der Waals surface area contributed by atoms with Crippen LogP contribution in [0.3, 0.4) is 0 Å². The van der Waals surface area contributed by atoms with E-state index < -0.39 is 10.0 Å². The Morgan fingerprint density at radius 2 is 1.72 bits per heavy atom. The predicted octanol–water partition coefficient (Wildman–Crippen LogP) is 3.04. The Balaban J connectivity index is 1.55. The van der Waals surface area contributed by atoms with Crippen LogP contribution in [0, 0.1) is 5.82 Å². The number of hydrogen-bond acceptors (Lipinski definition) is 4. The van der Waals surface area contributed by atoms with Crippen molar-refractivity contribution in [3.63, 3.8) is 0 Å². The summed E-state index contributed by atoms with van der Waals surface area (Å²) in [5, 5.41) is 0. The Morgan fingerprint density at radius 1 is 1.07 bits per heavy atom. The summed E-state index contributed by atoms with van der Waals surface area (Å²) in [6.07, 6.45) is 2.81. The fourth-order valence-electron chi connectivity index (χ4n) is 3.19. The molecule has 2 aromatic rings. The zero-order valence-corrected chi connectivity index (χ0v) is 17.2. The molecule has 0 atom stereocenters. The van der Waals surface area contributed by atoms with E-state index in [0.29, 0.717) is 24.4 Å². The van der Waals surface area contributed by atoms with Crippen LogP contribution < -0.4 is 4.74 Å². The summed E-state index contributed by atoms with van der Waals surface area (Å²) in [5.41, 5.74) is 0.427. The van der Waals surface area contributed by atoms with Crippen molar-refractivity contribution < 1.29 is 22.3 Å². The number of benzene rings is 2. The molecule has 29 heavy (non-hydrogen) atoms. The Labute approximate surface area is 170 Å². The molecule has 1 saturated heterocycles. The molecule has 0 saturated carbocycles. The molecule has 1 heterocycles. The van der Waals surface area contributed by atoms with Gasteiger partial charge in [-0.25, -0.2) is 12.8 Å². The van der Waals surface area contributed by atoms with E-state index in [9.17, 15) is 17.6 Å². The number of amides is 1. The van der Waals surface area contributed by atoms with Gasteiger partial charge in [-0.2, -0.15) is 4.31 Å². The Morgan fingerprint density at radius 3 is 2.38 bits per heavy atom. The maximum Gasteiger partial charge on any atom is 0.260 e. The molecule has 0 aromatic heterocycles. The number of carbonyl (C=O) groups excluding carboxylic acids is 1. The number of ether oxygens (including phenoxy) is 1. The summed E-state index contributed by atoms with van der Waals surface area (Å²) in [7, 11) is -1.92. The minimum absolute atomic E-state index is 0.141. The van der Waals surface area contributed by atoms with E-state index >= 15 is 0 Å². The van der Waals surface area contributed by atoms with Crippen LogP contribution in [0.15, 0.2) is 53.4 Å². The van der Waals surface area contributed by atoms with E-state index in [-0.39, 0.29) is 29.8 Å². The van der Waals surface area contributed by atoms with Gasteiger partial charge >= 0.3 is 0 Å². The molecule has 1 fully saturated rings. The molecule has 2 aromatic carbocycles. The van der Waals surface area contributed by atoms with Crippen molar-refractivity contribution in [1.29, 1.82) is 0 Å². The number of rotatable bonds is 7. The van der Waals surface area contributed by atoms with Crippen LogP contribution in [0.25, 0.3) is 0 Å². The second-order valence-corrected chi connectivity index (χ2v) is 9.00. The molecule has 0 spiro atoms. The lowest BCUT2D eigenvalue weighted by molar-refractivity contribution is -0.132. The predicted molar refractivity (Wildman–Crippen MR) is 107 cm³/mol. The molecule has 0 unspecified atom stereocenters. The number of hydrogen-bond donors (Lipinski definition) is 0. The van der Waals surface area contributed by atoms with Gasteiger partial charge in [0.05, 0.1) is 4.90 Å². The first kappa shape index (κ1) is 21.3. The van der Waals surface area contributed by atoms with Gasteiger partial charge in [0, 0.05) is 32.2 Å². The Kier molecular flexibility index (Phi) is 6.87. The monoisotopic (exact) mass is 420 g/mol. The molecule has 0 radical (unpaired) electrons. The quantitative estimate of drug-likeness (QED) is 0.691. The van der Waals surface area contributed by atoms with Gasteiger partial charge < -0.3 is 9.64 Å². The van der Waals surface area contributed by atoms with Crippen molar-refractivity contribution in [3.05, 3.63) is 59.9 Å². The average Bonchev–Trinajstić information content (AvgIpc) is 2.74. The number of halogens is 1. The Hall–Kier alpha value is -2.45. The normalized spacial score (nSPS) is 15.1. The standard InChI is InChI=1S/C21H25FN2O4S/c1-23(15-17-7-3-4-8-20(17)22)21(25)16-28-18-9-11-19(12-10-18)29(26,27)24-13-5-2-6-14-24/h3-4,7-12H,2,5-6,13-16H2,1H3. The first-order valence-electron chi connectivity index (χ1n) is 9.58. The topological polar surface area (TPSA) is 66.9 Å². The summed E-state index contributed by atoms with van der Waals surface area (Å²) in [4.78, 5) is 13.8. The molecule has 3 rings (SSSR count). The maximum atomic E-state index is 13.7. The van der Waals surface area contributed by atoms with Crippen LogP contribution in [0.5, 0.6) is 5.75 Å². The van der Waals surface area contributed by atoms with Gasteiger partial charge in [-0.1, -0.05) is 24.6 Å². The van der Waals surface area contributed by atoms with E-state index in [0.717, 1.165) is 19.3 Å². The smallest absolute Gasteiger partial charge is 0.260 e. The minimum Gasteiger partial charge on any atom is -0.484 e. The van der Waals surface area contributed by atoms with Crippen LogP contribution in [0.2, 0.25) is 0 Å². The number of carbonyl (C=O) groups is 1. The molecule has 1 aliphatic rings. The number of sulfonamides is 1. The van der Waals surface area contributed by atoms with E-state index in [1.54, 1.807) is 37.4 Å². The van der Waals surface area contributed by atoms with Gasteiger partial charge in [-0.3, -0.25) is 4.79 Å². The molecule has 0 aliphatic carbocycles. The fourth-order valence-corrected chi connectivity index (χ4v) is 4.70. The lowest BCUT2D eigenvalue weighted by Crippen LogP contribution is -2.35. The lowest BCUT2D eigenvalue weighted by Gasteiger charge is -2.25. The van der Waals surface area contributed by atoms with Gasteiger partial charge in [0.15, 0.2) is 6.61 Å². The van der Waals surface area contributed by atoms with E-state index in [1.165, 1.54) is 27.4 Å². The van der Waals surface area contributed by atoms with Crippen molar-refractivity contribution in [3.8, 4) is 5.75 Å². The van der Waals surface area contributed by atoms with Crippen LogP contribution in [-0.4, -0.2) is 50.3 Å². The van der Waals surface area contributed by atoms with Crippen LogP contribution >= 0.6 is 0 Å². The van der Waals surface area contributed by atoms with Gasteiger partial charge in [-0.05, 0) is 43.2 Å². The highest BCUT2D eigenvalue weighted by molar-refractivity contribution is 7.89. The SMILES string of the molecule is CN(Cc1ccccc1F)C(=O)COc1ccc(S(=O)(=O)N2CCCCC2)cc1. The minimum atomic E-state index is -3.50. The van der Waals surface area contributed by atoms with E-state index in [2.05, 4.69) is 0 Å². The molecule has 0 N–H and O–H groups in total. The summed E-state index contributed by atoms with van der Waals surface area (Å²) in [6.45, 7) is 1.01. The van der Waals surface area contributed by atoms with Crippen molar-refractivity contribution in [2.45, 2.75) is 30.7 Å². The average molecular weight is 421 g/mol. The van der Waals surface area contributed by atoms with Gasteiger partial charge in [0.2, 0.25) is 10.0 Å². The van der Waals surface area contributed by atoms with Crippen molar-refractivity contribution >= 4 is 15.9 Å².